The number of rotatable bonds is 5. The van der Waals surface area contributed by atoms with Crippen LogP contribution in [0.25, 0.3) is 10.9 Å². The summed E-state index contributed by atoms with van der Waals surface area (Å²) in [6, 6.07) is 1.03. The Morgan fingerprint density at radius 1 is 1.14 bits per heavy atom. The van der Waals surface area contributed by atoms with E-state index in [0.717, 1.165) is 13.2 Å². The molecule has 0 aliphatic carbocycles. The Morgan fingerprint density at radius 3 is 2.21 bits per heavy atom. The number of H-pyrrole nitrogens is 1. The molecular formula is C15H14F6N2O5S. The van der Waals surface area contributed by atoms with Gasteiger partial charge in [0.25, 0.3) is 5.56 Å². The highest BCUT2D eigenvalue weighted by Crippen LogP contribution is 2.37. The van der Waals surface area contributed by atoms with Gasteiger partial charge in [0.15, 0.2) is 9.84 Å². The minimum absolute atomic E-state index is 0.260. The van der Waals surface area contributed by atoms with Crippen LogP contribution in [0, 0.1) is 0 Å². The van der Waals surface area contributed by atoms with Crippen LogP contribution in [0.3, 0.4) is 0 Å². The first-order valence-electron chi connectivity index (χ1n) is 7.73. The van der Waals surface area contributed by atoms with Gasteiger partial charge in [-0.15, -0.1) is 0 Å². The predicted octanol–water partition coefficient (Wildman–Crippen LogP) is 2.35. The number of hydrogen-bond acceptors (Lipinski definition) is 5. The number of nitrogens with zero attached hydrogens (tertiary/aromatic N) is 1. The van der Waals surface area contributed by atoms with Crippen molar-refractivity contribution in [2.24, 2.45) is 0 Å². The molecule has 1 aromatic carbocycles. The van der Waals surface area contributed by atoms with Gasteiger partial charge in [-0.1, -0.05) is 0 Å². The second-order valence-electron chi connectivity index (χ2n) is 6.27. The molecule has 0 aliphatic heterocycles. The molecule has 1 unspecified atom stereocenters. The maximum Gasteiger partial charge on any atom is 0.416 e. The molecule has 1 atom stereocenters. The van der Waals surface area contributed by atoms with Gasteiger partial charge in [-0.2, -0.15) is 26.3 Å². The van der Waals surface area contributed by atoms with Crippen LogP contribution in [0.5, 0.6) is 0 Å². The molecule has 0 aliphatic rings. The summed E-state index contributed by atoms with van der Waals surface area (Å²) >= 11 is 0. The summed E-state index contributed by atoms with van der Waals surface area (Å²) in [4.78, 5) is 26.4. The van der Waals surface area contributed by atoms with Crippen molar-refractivity contribution in [2.45, 2.75) is 31.3 Å². The molecule has 0 saturated heterocycles. The summed E-state index contributed by atoms with van der Waals surface area (Å²) in [6.45, 7) is -0.893. The van der Waals surface area contributed by atoms with Crippen molar-refractivity contribution < 1.29 is 39.5 Å². The van der Waals surface area contributed by atoms with Crippen LogP contribution in [0.15, 0.2) is 21.7 Å². The van der Waals surface area contributed by atoms with Crippen molar-refractivity contribution in [3.63, 3.8) is 0 Å². The number of ether oxygens (including phenoxy) is 1. The summed E-state index contributed by atoms with van der Waals surface area (Å²) in [5.41, 5.74) is -5.20. The van der Waals surface area contributed by atoms with E-state index in [0.29, 0.717) is 12.1 Å². The minimum Gasteiger partial charge on any atom is -0.364 e. The fourth-order valence-corrected chi connectivity index (χ4v) is 3.26. The van der Waals surface area contributed by atoms with Crippen LogP contribution in [0.2, 0.25) is 0 Å². The number of halogens is 6. The largest absolute Gasteiger partial charge is 0.416 e. The van der Waals surface area contributed by atoms with Crippen LogP contribution in [0.4, 0.5) is 26.3 Å². The highest BCUT2D eigenvalue weighted by molar-refractivity contribution is 7.89. The lowest BCUT2D eigenvalue weighted by molar-refractivity contribution is -0.185. The molecule has 7 nitrogen and oxygen atoms in total. The molecule has 0 amide bonds. The Bertz CT molecular complexity index is 1150. The topological polar surface area (TPSA) is 98.2 Å². The molecule has 1 N–H and O–H groups in total. The van der Waals surface area contributed by atoms with Crippen molar-refractivity contribution in [3.05, 3.63) is 44.1 Å². The second-order valence-corrected chi connectivity index (χ2v) is 8.38. The van der Waals surface area contributed by atoms with Crippen LogP contribution in [0.1, 0.15) is 24.2 Å². The lowest BCUT2D eigenvalue weighted by Crippen LogP contribution is -2.37. The number of aromatic amines is 1. The normalized spacial score (nSPS) is 14.3. The highest BCUT2D eigenvalue weighted by atomic mass is 32.2. The summed E-state index contributed by atoms with van der Waals surface area (Å²) in [5, 5.41) is -0.515. The van der Waals surface area contributed by atoms with Gasteiger partial charge < -0.3 is 9.72 Å². The maximum atomic E-state index is 13.4. The van der Waals surface area contributed by atoms with Crippen molar-refractivity contribution in [2.75, 3.05) is 12.9 Å². The number of sulfone groups is 1. The molecule has 1 aromatic heterocycles. The minimum atomic E-state index is -5.03. The van der Waals surface area contributed by atoms with E-state index in [1.165, 1.54) is 0 Å². The molecule has 29 heavy (non-hydrogen) atoms. The third-order valence-corrected chi connectivity index (χ3v) is 4.48. The van der Waals surface area contributed by atoms with Gasteiger partial charge in [-0.05, 0) is 24.6 Å². The zero-order valence-corrected chi connectivity index (χ0v) is 15.6. The summed E-state index contributed by atoms with van der Waals surface area (Å²) in [7, 11) is -3.86. The summed E-state index contributed by atoms with van der Waals surface area (Å²) in [5.74, 6) is -1.03. The van der Waals surface area contributed by atoms with Crippen molar-refractivity contribution >= 4 is 20.7 Å². The quantitative estimate of drug-likeness (QED) is 0.709. The zero-order chi connectivity index (χ0) is 22.4. The summed E-state index contributed by atoms with van der Waals surface area (Å²) in [6.07, 6.45) is -10.8. The van der Waals surface area contributed by atoms with E-state index < -0.39 is 74.1 Å². The standard InChI is InChI=1S/C15H14F6N2O5S/c1-7(28-5-14(16,17)18)8-3-9-11(4-10(8)15(19,20)21)22-13(25)23(12(9)24)6-29(2,26)27/h3-4,7H,5-6H2,1-2H3,(H,22,25). The zero-order valence-electron chi connectivity index (χ0n) is 14.8. The molecule has 0 saturated carbocycles. The van der Waals surface area contributed by atoms with Crippen LogP contribution >= 0.6 is 0 Å². The van der Waals surface area contributed by atoms with E-state index in [1.54, 1.807) is 0 Å². The Morgan fingerprint density at radius 2 is 1.72 bits per heavy atom. The average Bonchev–Trinajstić information content (AvgIpc) is 2.53. The average molecular weight is 448 g/mol. The van der Waals surface area contributed by atoms with Crippen LogP contribution < -0.4 is 11.2 Å². The molecule has 0 bridgehead atoms. The molecule has 0 radical (unpaired) electrons. The van der Waals surface area contributed by atoms with Crippen molar-refractivity contribution in [1.29, 1.82) is 0 Å². The number of aromatic nitrogens is 2. The molecule has 0 spiro atoms. The van der Waals surface area contributed by atoms with E-state index in [4.69, 9.17) is 0 Å². The van der Waals surface area contributed by atoms with Gasteiger partial charge in [-0.3, -0.25) is 4.79 Å². The third-order valence-electron chi connectivity index (χ3n) is 3.76. The molecule has 1 heterocycles. The van der Waals surface area contributed by atoms with E-state index >= 15 is 0 Å². The second kappa shape index (κ2) is 7.48. The molecule has 162 valence electrons. The first kappa shape index (κ1) is 22.9. The molecule has 2 aromatic rings. The Balaban J connectivity index is 2.74. The van der Waals surface area contributed by atoms with E-state index in [9.17, 15) is 44.3 Å². The third kappa shape index (κ3) is 5.59. The SMILES string of the molecule is CC(OCC(F)(F)F)c1cc2c(=O)n(CS(C)(=O)=O)c(=O)[nH]c2cc1C(F)(F)F. The van der Waals surface area contributed by atoms with E-state index in [-0.39, 0.29) is 4.57 Å². The first-order valence-corrected chi connectivity index (χ1v) is 9.80. The molecular weight excluding hydrogens is 434 g/mol. The highest BCUT2D eigenvalue weighted by Gasteiger charge is 2.37. The predicted molar refractivity (Wildman–Crippen MR) is 89.1 cm³/mol. The fourth-order valence-electron chi connectivity index (χ4n) is 2.56. The number of alkyl halides is 6. The van der Waals surface area contributed by atoms with Crippen LogP contribution in [-0.4, -0.2) is 37.0 Å². The van der Waals surface area contributed by atoms with Gasteiger partial charge >= 0.3 is 18.0 Å². The lowest BCUT2D eigenvalue weighted by atomic mass is 10.00. The Hall–Kier alpha value is -2.35. The maximum absolute atomic E-state index is 13.4. The molecule has 2 rings (SSSR count). The van der Waals surface area contributed by atoms with Crippen molar-refractivity contribution in [3.8, 4) is 0 Å². The first-order chi connectivity index (χ1) is 13.0. The molecule has 0 fully saturated rings. The van der Waals surface area contributed by atoms with Crippen molar-refractivity contribution in [1.82, 2.24) is 9.55 Å². The summed E-state index contributed by atoms with van der Waals surface area (Å²) < 4.78 is 105. The number of hydrogen-bond donors (Lipinski definition) is 1. The van der Waals surface area contributed by atoms with Gasteiger partial charge in [0.1, 0.15) is 12.5 Å². The van der Waals surface area contributed by atoms with Gasteiger partial charge in [-0.25, -0.2) is 17.8 Å². The monoisotopic (exact) mass is 448 g/mol. The smallest absolute Gasteiger partial charge is 0.364 e. The van der Waals surface area contributed by atoms with Gasteiger partial charge in [0.05, 0.1) is 22.6 Å². The lowest BCUT2D eigenvalue weighted by Gasteiger charge is -2.20. The fraction of sp³-hybridized carbons (Fsp3) is 0.467. The van der Waals surface area contributed by atoms with Gasteiger partial charge in [0.2, 0.25) is 0 Å². The number of fused-ring (bicyclic) bond motifs is 1. The number of nitrogens with one attached hydrogen (secondary N) is 1. The van der Waals surface area contributed by atoms with E-state index in [2.05, 4.69) is 4.74 Å². The van der Waals surface area contributed by atoms with E-state index in [1.807, 2.05) is 4.98 Å². The number of benzene rings is 1. The van der Waals surface area contributed by atoms with Crippen LogP contribution in [-0.2, 0) is 26.6 Å². The molecule has 14 heteroatoms. The Labute approximate surface area is 158 Å². The Kier molecular flexibility index (Phi) is 5.91. The van der Waals surface area contributed by atoms with Gasteiger partial charge in [0, 0.05) is 6.26 Å².